The fraction of sp³-hybridized carbons (Fsp3) is 0.500. The van der Waals surface area contributed by atoms with Crippen molar-refractivity contribution in [1.82, 2.24) is 4.90 Å². The van der Waals surface area contributed by atoms with Gasteiger partial charge in [-0.05, 0) is 30.5 Å². The Hall–Kier alpha value is -1.40. The van der Waals surface area contributed by atoms with Crippen molar-refractivity contribution in [2.45, 2.75) is 24.5 Å². The normalized spacial score (nSPS) is 20.7. The van der Waals surface area contributed by atoms with E-state index in [4.69, 9.17) is 10.8 Å². The number of likely N-dealkylation sites (tertiary alicyclic amines) is 1. The van der Waals surface area contributed by atoms with Gasteiger partial charge in [0, 0.05) is 30.3 Å². The first-order valence-electron chi connectivity index (χ1n) is 6.63. The quantitative estimate of drug-likeness (QED) is 0.659. The average molecular weight is 296 g/mol. The van der Waals surface area contributed by atoms with Crippen molar-refractivity contribution in [3.8, 4) is 0 Å². The zero-order valence-corrected chi connectivity index (χ0v) is 12.4. The summed E-state index contributed by atoms with van der Waals surface area (Å²) in [7, 11) is 0. The van der Waals surface area contributed by atoms with E-state index in [1.807, 2.05) is 18.2 Å². The summed E-state index contributed by atoms with van der Waals surface area (Å²) in [5.41, 5.74) is 8.52. The zero-order chi connectivity index (χ0) is 14.7. The van der Waals surface area contributed by atoms with Crippen LogP contribution in [-0.4, -0.2) is 40.0 Å². The Morgan fingerprint density at radius 2 is 2.35 bits per heavy atom. The summed E-state index contributed by atoms with van der Waals surface area (Å²) >= 11 is -0.943. The van der Waals surface area contributed by atoms with Crippen molar-refractivity contribution in [3.05, 3.63) is 29.3 Å². The standard InChI is InChI=1S/C14H20N2O3S/c1-20(19)9-11-7-12(15)4-5-13(11)10-3-2-6-16(8-10)14(17)18/h4-5,7,10H,2-3,6,8-9,15H2,1H3,(H,17,18). The lowest BCUT2D eigenvalue weighted by atomic mass is 9.88. The molecule has 20 heavy (non-hydrogen) atoms. The molecule has 1 aliphatic heterocycles. The first-order chi connectivity index (χ1) is 9.47. The lowest BCUT2D eigenvalue weighted by Gasteiger charge is -2.32. The minimum atomic E-state index is -0.943. The molecule has 0 spiro atoms. The van der Waals surface area contributed by atoms with Crippen LogP contribution in [0.15, 0.2) is 18.2 Å². The largest absolute Gasteiger partial charge is 0.616 e. The third-order valence-corrected chi connectivity index (χ3v) is 4.38. The fourth-order valence-corrected chi connectivity index (χ4v) is 3.46. The van der Waals surface area contributed by atoms with Crippen LogP contribution in [0.3, 0.4) is 0 Å². The van der Waals surface area contributed by atoms with Gasteiger partial charge in [0.25, 0.3) is 0 Å². The smallest absolute Gasteiger partial charge is 0.407 e. The number of carboxylic acid groups (broad SMARTS) is 1. The van der Waals surface area contributed by atoms with E-state index < -0.39 is 17.3 Å². The Labute approximate surface area is 121 Å². The third kappa shape index (κ3) is 3.58. The second-order valence-electron chi connectivity index (χ2n) is 5.24. The molecule has 0 aliphatic carbocycles. The topological polar surface area (TPSA) is 89.6 Å². The molecule has 3 N–H and O–H groups in total. The van der Waals surface area contributed by atoms with Gasteiger partial charge in [-0.25, -0.2) is 4.79 Å². The molecule has 1 heterocycles. The molecule has 2 atom stereocenters. The molecule has 0 saturated carbocycles. The number of nitrogens with zero attached hydrogens (tertiary/aromatic N) is 1. The molecule has 1 fully saturated rings. The van der Waals surface area contributed by atoms with Gasteiger partial charge in [-0.3, -0.25) is 0 Å². The maximum absolute atomic E-state index is 11.5. The first kappa shape index (κ1) is 15.0. The summed E-state index contributed by atoms with van der Waals surface area (Å²) in [6.45, 7) is 1.10. The number of rotatable bonds is 3. The van der Waals surface area contributed by atoms with Crippen molar-refractivity contribution < 1.29 is 14.5 Å². The molecule has 5 nitrogen and oxygen atoms in total. The number of nitrogen functional groups attached to an aromatic ring is 1. The van der Waals surface area contributed by atoms with Crippen molar-refractivity contribution in [2.24, 2.45) is 0 Å². The van der Waals surface area contributed by atoms with Crippen LogP contribution in [0.1, 0.15) is 29.9 Å². The monoisotopic (exact) mass is 296 g/mol. The van der Waals surface area contributed by atoms with E-state index >= 15 is 0 Å². The molecular weight excluding hydrogens is 276 g/mol. The highest BCUT2D eigenvalue weighted by Crippen LogP contribution is 2.31. The molecule has 0 radical (unpaired) electrons. The van der Waals surface area contributed by atoms with Crippen LogP contribution in [0.5, 0.6) is 0 Å². The summed E-state index contributed by atoms with van der Waals surface area (Å²) in [5, 5.41) is 9.12. The molecule has 0 bridgehead atoms. The molecule has 1 aromatic carbocycles. The van der Waals surface area contributed by atoms with E-state index in [1.54, 1.807) is 6.26 Å². The number of hydrogen-bond acceptors (Lipinski definition) is 3. The fourth-order valence-electron chi connectivity index (χ4n) is 2.77. The molecule has 1 amide bonds. The van der Waals surface area contributed by atoms with Gasteiger partial charge in [0.05, 0.1) is 6.26 Å². The van der Waals surface area contributed by atoms with Crippen LogP contribution >= 0.6 is 0 Å². The summed E-state index contributed by atoms with van der Waals surface area (Å²) in [4.78, 5) is 12.6. The number of hydrogen-bond donors (Lipinski definition) is 2. The highest BCUT2D eigenvalue weighted by Gasteiger charge is 2.26. The molecule has 2 rings (SSSR count). The predicted molar refractivity (Wildman–Crippen MR) is 80.2 cm³/mol. The van der Waals surface area contributed by atoms with Gasteiger partial charge in [0.2, 0.25) is 0 Å². The SMILES string of the molecule is C[S+]([O-])Cc1cc(N)ccc1C1CCCN(C(=O)O)C1. The Bertz CT molecular complexity index is 493. The number of anilines is 1. The maximum atomic E-state index is 11.5. The van der Waals surface area contributed by atoms with Crippen LogP contribution in [0.2, 0.25) is 0 Å². The van der Waals surface area contributed by atoms with Crippen molar-refractivity contribution >= 4 is 23.0 Å². The van der Waals surface area contributed by atoms with Gasteiger partial charge in [-0.1, -0.05) is 17.2 Å². The minimum Gasteiger partial charge on any atom is -0.616 e. The van der Waals surface area contributed by atoms with Crippen LogP contribution < -0.4 is 5.73 Å². The van der Waals surface area contributed by atoms with E-state index in [2.05, 4.69) is 0 Å². The number of nitrogens with two attached hydrogens (primary N) is 1. The molecular formula is C14H20N2O3S. The third-order valence-electron chi connectivity index (χ3n) is 3.66. The second-order valence-corrected chi connectivity index (χ2v) is 6.68. The van der Waals surface area contributed by atoms with E-state index in [9.17, 15) is 9.35 Å². The van der Waals surface area contributed by atoms with Crippen molar-refractivity contribution in [2.75, 3.05) is 25.1 Å². The Kier molecular flexibility index (Phi) is 4.77. The van der Waals surface area contributed by atoms with Crippen LogP contribution in [0.4, 0.5) is 10.5 Å². The van der Waals surface area contributed by atoms with Gasteiger partial charge in [0.1, 0.15) is 5.75 Å². The number of benzene rings is 1. The van der Waals surface area contributed by atoms with E-state index in [-0.39, 0.29) is 5.92 Å². The van der Waals surface area contributed by atoms with E-state index in [0.717, 1.165) is 24.0 Å². The van der Waals surface area contributed by atoms with Gasteiger partial charge in [-0.15, -0.1) is 0 Å². The summed E-state index contributed by atoms with van der Waals surface area (Å²) in [5.74, 6) is 0.628. The Morgan fingerprint density at radius 3 is 3.00 bits per heavy atom. The van der Waals surface area contributed by atoms with Crippen LogP contribution in [-0.2, 0) is 16.9 Å². The molecule has 1 aliphatic rings. The molecule has 2 unspecified atom stereocenters. The summed E-state index contributed by atoms with van der Waals surface area (Å²) < 4.78 is 11.5. The van der Waals surface area contributed by atoms with E-state index in [1.165, 1.54) is 4.90 Å². The number of amides is 1. The Balaban J connectivity index is 2.24. The highest BCUT2D eigenvalue weighted by atomic mass is 32.2. The van der Waals surface area contributed by atoms with Gasteiger partial charge >= 0.3 is 6.09 Å². The second kappa shape index (κ2) is 6.37. The van der Waals surface area contributed by atoms with Crippen molar-refractivity contribution in [1.29, 1.82) is 0 Å². The first-order valence-corrected chi connectivity index (χ1v) is 8.36. The lowest BCUT2D eigenvalue weighted by Crippen LogP contribution is -2.38. The lowest BCUT2D eigenvalue weighted by molar-refractivity contribution is 0.130. The van der Waals surface area contributed by atoms with Crippen LogP contribution in [0, 0.1) is 0 Å². The molecule has 1 saturated heterocycles. The Morgan fingerprint density at radius 1 is 1.60 bits per heavy atom. The molecule has 6 heteroatoms. The maximum Gasteiger partial charge on any atom is 0.407 e. The molecule has 0 aromatic heterocycles. The van der Waals surface area contributed by atoms with Crippen molar-refractivity contribution in [3.63, 3.8) is 0 Å². The average Bonchev–Trinajstić information content (AvgIpc) is 2.38. The predicted octanol–water partition coefficient (Wildman–Crippen LogP) is 2.00. The molecule has 110 valence electrons. The van der Waals surface area contributed by atoms with Gasteiger partial charge in [0.15, 0.2) is 0 Å². The summed E-state index contributed by atoms with van der Waals surface area (Å²) in [6, 6.07) is 5.64. The van der Waals surface area contributed by atoms with Gasteiger partial charge in [-0.2, -0.15) is 0 Å². The van der Waals surface area contributed by atoms with Gasteiger partial charge < -0.3 is 20.3 Å². The number of piperidine rings is 1. The van der Waals surface area contributed by atoms with E-state index in [0.29, 0.717) is 24.5 Å². The zero-order valence-electron chi connectivity index (χ0n) is 11.5. The molecule has 1 aromatic rings. The van der Waals surface area contributed by atoms with Crippen LogP contribution in [0.25, 0.3) is 0 Å². The minimum absolute atomic E-state index is 0.166. The highest BCUT2D eigenvalue weighted by molar-refractivity contribution is 7.89. The summed E-state index contributed by atoms with van der Waals surface area (Å²) in [6.07, 6.45) is 2.61. The number of carbonyl (C=O) groups is 1.